The number of hydrogen-bond donors (Lipinski definition) is 1. The van der Waals surface area contributed by atoms with Crippen LogP contribution < -0.4 is 14.8 Å². The van der Waals surface area contributed by atoms with Crippen LogP contribution in [0.1, 0.15) is 5.56 Å². The van der Waals surface area contributed by atoms with Crippen molar-refractivity contribution in [3.05, 3.63) is 65.7 Å². The zero-order valence-corrected chi connectivity index (χ0v) is 15.8. The minimum absolute atomic E-state index is 0.111. The fraction of sp³-hybridized carbons (Fsp3) is 0.250. The first-order chi connectivity index (χ1) is 12.5. The van der Waals surface area contributed by atoms with Crippen molar-refractivity contribution in [2.24, 2.45) is 0 Å². The van der Waals surface area contributed by atoms with E-state index in [1.165, 1.54) is 0 Å². The van der Waals surface area contributed by atoms with Crippen molar-refractivity contribution in [3.63, 3.8) is 0 Å². The molecule has 2 aromatic rings. The zero-order chi connectivity index (χ0) is 18.9. The molecule has 0 aliphatic heterocycles. The zero-order valence-electron chi connectivity index (χ0n) is 15.0. The van der Waals surface area contributed by atoms with Crippen LogP contribution in [-0.2, 0) is 11.3 Å². The number of methoxy groups -OCH3 is 1. The van der Waals surface area contributed by atoms with Crippen LogP contribution in [0.15, 0.2) is 55.1 Å². The molecule has 1 amide bonds. The number of hydrogen-bond acceptors (Lipinski definition) is 4. The molecule has 0 heterocycles. The molecular formula is C20H23ClN2O3. The van der Waals surface area contributed by atoms with Gasteiger partial charge >= 0.3 is 0 Å². The van der Waals surface area contributed by atoms with E-state index in [-0.39, 0.29) is 12.5 Å². The van der Waals surface area contributed by atoms with E-state index in [0.717, 1.165) is 11.3 Å². The Labute approximate surface area is 159 Å². The lowest BCUT2D eigenvalue weighted by Crippen LogP contribution is -2.29. The number of nitrogens with zero attached hydrogens (tertiary/aromatic N) is 1. The molecule has 2 rings (SSSR count). The molecule has 0 atom stereocenters. The molecule has 0 saturated carbocycles. The topological polar surface area (TPSA) is 50.8 Å². The van der Waals surface area contributed by atoms with Crippen LogP contribution in [0.2, 0.25) is 5.02 Å². The third-order valence-electron chi connectivity index (χ3n) is 3.59. The largest absolute Gasteiger partial charge is 0.495 e. The number of carbonyl (C=O) groups is 1. The van der Waals surface area contributed by atoms with E-state index in [1.54, 1.807) is 31.4 Å². The van der Waals surface area contributed by atoms with Crippen molar-refractivity contribution in [1.29, 1.82) is 0 Å². The second kappa shape index (κ2) is 9.85. The van der Waals surface area contributed by atoms with Crippen molar-refractivity contribution in [1.82, 2.24) is 4.90 Å². The van der Waals surface area contributed by atoms with Gasteiger partial charge in [-0.1, -0.05) is 36.4 Å². The number of rotatable bonds is 9. The van der Waals surface area contributed by atoms with Crippen LogP contribution in [0.5, 0.6) is 11.5 Å². The Balaban J connectivity index is 1.84. The first kappa shape index (κ1) is 19.8. The Morgan fingerprint density at radius 3 is 2.62 bits per heavy atom. The number of halogens is 1. The third-order valence-corrected chi connectivity index (χ3v) is 3.89. The van der Waals surface area contributed by atoms with Gasteiger partial charge in [0.15, 0.2) is 0 Å². The molecular weight excluding hydrogens is 352 g/mol. The van der Waals surface area contributed by atoms with Gasteiger partial charge < -0.3 is 14.8 Å². The molecule has 5 nitrogen and oxygen atoms in total. The van der Waals surface area contributed by atoms with Gasteiger partial charge in [-0.2, -0.15) is 0 Å². The number of benzene rings is 2. The summed E-state index contributed by atoms with van der Waals surface area (Å²) in [6.45, 7) is 5.02. The highest BCUT2D eigenvalue weighted by Gasteiger charge is 2.09. The van der Waals surface area contributed by atoms with Crippen LogP contribution in [-0.4, -0.2) is 38.1 Å². The quantitative estimate of drug-likeness (QED) is 0.674. The summed E-state index contributed by atoms with van der Waals surface area (Å²) >= 11 is 6.07. The summed E-state index contributed by atoms with van der Waals surface area (Å²) in [5, 5.41) is 3.29. The van der Waals surface area contributed by atoms with Crippen LogP contribution in [0.4, 0.5) is 5.69 Å². The summed E-state index contributed by atoms with van der Waals surface area (Å²) in [6, 6.07) is 12.9. The average Bonchev–Trinajstić information content (AvgIpc) is 2.61. The molecule has 6 heteroatoms. The molecule has 0 unspecified atom stereocenters. The van der Waals surface area contributed by atoms with Crippen molar-refractivity contribution in [3.8, 4) is 11.5 Å². The van der Waals surface area contributed by atoms with Crippen LogP contribution in [0.25, 0.3) is 0 Å². The smallest absolute Gasteiger partial charge is 0.238 e. The molecule has 26 heavy (non-hydrogen) atoms. The third kappa shape index (κ3) is 6.10. The van der Waals surface area contributed by atoms with Crippen LogP contribution >= 0.6 is 11.6 Å². The van der Waals surface area contributed by atoms with E-state index in [1.807, 2.05) is 36.2 Å². The lowest BCUT2D eigenvalue weighted by atomic mass is 10.2. The van der Waals surface area contributed by atoms with E-state index in [4.69, 9.17) is 21.1 Å². The van der Waals surface area contributed by atoms with Crippen molar-refractivity contribution < 1.29 is 14.3 Å². The van der Waals surface area contributed by atoms with Crippen molar-refractivity contribution >= 4 is 23.2 Å². The lowest BCUT2D eigenvalue weighted by Gasteiger charge is -2.17. The number of ether oxygens (including phenoxy) is 2. The maximum Gasteiger partial charge on any atom is 0.238 e. The Hall–Kier alpha value is -2.50. The summed E-state index contributed by atoms with van der Waals surface area (Å²) < 4.78 is 10.6. The summed E-state index contributed by atoms with van der Waals surface area (Å²) in [5.41, 5.74) is 1.73. The summed E-state index contributed by atoms with van der Waals surface area (Å²) in [7, 11) is 3.44. The minimum atomic E-state index is -0.111. The molecule has 0 radical (unpaired) electrons. The van der Waals surface area contributed by atoms with Crippen LogP contribution in [0, 0.1) is 0 Å². The fourth-order valence-electron chi connectivity index (χ4n) is 2.40. The highest BCUT2D eigenvalue weighted by atomic mass is 35.5. The average molecular weight is 375 g/mol. The number of amides is 1. The predicted octanol–water partition coefficient (Wildman–Crippen LogP) is 3.98. The Morgan fingerprint density at radius 1 is 1.27 bits per heavy atom. The Kier molecular flexibility index (Phi) is 7.51. The number of likely N-dealkylation sites (N-methyl/N-ethyl adjacent to an activating group) is 1. The first-order valence-corrected chi connectivity index (χ1v) is 8.54. The summed E-state index contributed by atoms with van der Waals surface area (Å²) in [4.78, 5) is 14.1. The standard InChI is InChI=1S/C20H23ClN2O3/c1-4-11-26-17-8-5-15(6-9-17)13-23(2)14-20(24)22-16-7-10-19(25-3)18(21)12-16/h4-10,12H,1,11,13-14H2,2-3H3,(H,22,24). The second-order valence-electron chi connectivity index (χ2n) is 5.81. The molecule has 0 aliphatic rings. The SMILES string of the molecule is C=CCOc1ccc(CN(C)CC(=O)Nc2ccc(OC)c(Cl)c2)cc1. The van der Waals surface area contributed by atoms with Crippen molar-refractivity contribution in [2.45, 2.75) is 6.54 Å². The van der Waals surface area contributed by atoms with Gasteiger partial charge in [0.1, 0.15) is 18.1 Å². The second-order valence-corrected chi connectivity index (χ2v) is 6.22. The van der Waals surface area contributed by atoms with Gasteiger partial charge in [0, 0.05) is 12.2 Å². The van der Waals surface area contributed by atoms with E-state index in [0.29, 0.717) is 29.6 Å². The first-order valence-electron chi connectivity index (χ1n) is 8.16. The molecule has 138 valence electrons. The lowest BCUT2D eigenvalue weighted by molar-refractivity contribution is -0.117. The van der Waals surface area contributed by atoms with Crippen LogP contribution in [0.3, 0.4) is 0 Å². The van der Waals surface area contributed by atoms with Gasteiger partial charge in [-0.15, -0.1) is 0 Å². The molecule has 0 aliphatic carbocycles. The summed E-state index contributed by atoms with van der Waals surface area (Å²) in [6.07, 6.45) is 1.70. The van der Waals surface area contributed by atoms with Crippen molar-refractivity contribution in [2.75, 3.05) is 32.6 Å². The van der Waals surface area contributed by atoms with Gasteiger partial charge in [-0.3, -0.25) is 9.69 Å². The molecule has 0 saturated heterocycles. The minimum Gasteiger partial charge on any atom is -0.495 e. The number of carbonyl (C=O) groups excluding carboxylic acids is 1. The normalized spacial score (nSPS) is 10.5. The Bertz CT molecular complexity index is 747. The predicted molar refractivity (Wildman–Crippen MR) is 105 cm³/mol. The van der Waals surface area contributed by atoms with Gasteiger partial charge in [0.25, 0.3) is 0 Å². The molecule has 2 aromatic carbocycles. The van der Waals surface area contributed by atoms with Gasteiger partial charge in [0.2, 0.25) is 5.91 Å². The van der Waals surface area contributed by atoms with Gasteiger partial charge in [-0.05, 0) is 42.9 Å². The highest BCUT2D eigenvalue weighted by Crippen LogP contribution is 2.27. The molecule has 0 spiro atoms. The monoisotopic (exact) mass is 374 g/mol. The molecule has 0 aromatic heterocycles. The van der Waals surface area contributed by atoms with E-state index in [9.17, 15) is 4.79 Å². The number of anilines is 1. The maximum atomic E-state index is 12.2. The molecule has 0 fully saturated rings. The van der Waals surface area contributed by atoms with E-state index >= 15 is 0 Å². The molecule has 0 bridgehead atoms. The highest BCUT2D eigenvalue weighted by molar-refractivity contribution is 6.32. The number of nitrogens with one attached hydrogen (secondary N) is 1. The van der Waals surface area contributed by atoms with E-state index in [2.05, 4.69) is 11.9 Å². The fourth-order valence-corrected chi connectivity index (χ4v) is 2.66. The van der Waals surface area contributed by atoms with E-state index < -0.39 is 0 Å². The van der Waals surface area contributed by atoms with Gasteiger partial charge in [0.05, 0.1) is 18.7 Å². The van der Waals surface area contributed by atoms with Gasteiger partial charge in [-0.25, -0.2) is 0 Å². The Morgan fingerprint density at radius 2 is 2.00 bits per heavy atom. The molecule has 1 N–H and O–H groups in total. The maximum absolute atomic E-state index is 12.2. The summed E-state index contributed by atoms with van der Waals surface area (Å²) in [5.74, 6) is 1.26.